The molecule has 0 N–H and O–H groups in total. The van der Waals surface area contributed by atoms with Gasteiger partial charge in [-0.25, -0.2) is 4.79 Å². The molecule has 0 radical (unpaired) electrons. The highest BCUT2D eigenvalue weighted by Gasteiger charge is 2.33. The Bertz CT molecular complexity index is 379. The number of likely N-dealkylation sites (N-methyl/N-ethyl adjacent to an activating group) is 1. The van der Waals surface area contributed by atoms with Crippen LogP contribution in [-0.2, 0) is 9.53 Å². The van der Waals surface area contributed by atoms with Gasteiger partial charge in [-0.15, -0.1) is 6.42 Å². The first-order valence-electron chi connectivity index (χ1n) is 5.93. The van der Waals surface area contributed by atoms with E-state index >= 15 is 0 Å². The third-order valence-electron chi connectivity index (χ3n) is 2.74. The highest BCUT2D eigenvalue weighted by Crippen LogP contribution is 2.14. The Labute approximate surface area is 108 Å². The summed E-state index contributed by atoms with van der Waals surface area (Å²) < 4.78 is 5.28. The molecule has 5 heteroatoms. The summed E-state index contributed by atoms with van der Waals surface area (Å²) in [7, 11) is 1.83. The maximum absolute atomic E-state index is 11.9. The minimum atomic E-state index is -0.536. The number of carbonyl (C=O) groups is 2. The van der Waals surface area contributed by atoms with Crippen molar-refractivity contribution in [2.75, 3.05) is 26.7 Å². The van der Waals surface area contributed by atoms with E-state index in [-0.39, 0.29) is 12.3 Å². The Morgan fingerprint density at radius 2 is 1.94 bits per heavy atom. The van der Waals surface area contributed by atoms with Crippen LogP contribution in [0.1, 0.15) is 20.8 Å². The van der Waals surface area contributed by atoms with Crippen molar-refractivity contribution in [3.05, 3.63) is 0 Å². The number of carbonyl (C=O) groups excluding carboxylic acids is 2. The van der Waals surface area contributed by atoms with E-state index in [1.807, 2.05) is 32.7 Å². The zero-order valence-corrected chi connectivity index (χ0v) is 11.4. The van der Waals surface area contributed by atoms with E-state index in [0.717, 1.165) is 0 Å². The minimum absolute atomic E-state index is 0.286. The van der Waals surface area contributed by atoms with E-state index in [1.54, 1.807) is 0 Å². The molecular formula is C13H20N2O3. The van der Waals surface area contributed by atoms with Gasteiger partial charge in [0, 0.05) is 19.6 Å². The number of rotatable bonds is 1. The zero-order valence-electron chi connectivity index (χ0n) is 11.4. The fraction of sp³-hybridized carbons (Fsp3) is 0.692. The summed E-state index contributed by atoms with van der Waals surface area (Å²) in [6, 6.07) is -0.434. The molecule has 0 aliphatic carbocycles. The third-order valence-corrected chi connectivity index (χ3v) is 2.74. The molecule has 1 heterocycles. The average Bonchev–Trinajstić information content (AvgIpc) is 2.26. The predicted octanol–water partition coefficient (Wildman–Crippen LogP) is 0.740. The van der Waals surface area contributed by atoms with Gasteiger partial charge in [0.05, 0.1) is 6.04 Å². The molecule has 1 fully saturated rings. The first kappa shape index (κ1) is 14.5. The lowest BCUT2D eigenvalue weighted by Gasteiger charge is -2.38. The van der Waals surface area contributed by atoms with Crippen LogP contribution in [0.5, 0.6) is 0 Å². The van der Waals surface area contributed by atoms with Gasteiger partial charge in [0.15, 0.2) is 0 Å². The lowest BCUT2D eigenvalue weighted by atomic mass is 10.1. The van der Waals surface area contributed by atoms with Crippen molar-refractivity contribution < 1.29 is 14.3 Å². The molecule has 1 saturated heterocycles. The molecule has 0 saturated carbocycles. The van der Waals surface area contributed by atoms with Crippen LogP contribution in [0, 0.1) is 12.3 Å². The molecule has 100 valence electrons. The van der Waals surface area contributed by atoms with Crippen LogP contribution in [0.4, 0.5) is 4.79 Å². The monoisotopic (exact) mass is 252 g/mol. The Balaban J connectivity index is 2.68. The SMILES string of the molecule is C#CC(=O)C1CN(C(=O)OC(C)(C)C)CCN1C. The quantitative estimate of drug-likeness (QED) is 0.510. The van der Waals surface area contributed by atoms with Crippen LogP contribution >= 0.6 is 0 Å². The molecule has 18 heavy (non-hydrogen) atoms. The van der Waals surface area contributed by atoms with E-state index in [9.17, 15) is 9.59 Å². The average molecular weight is 252 g/mol. The van der Waals surface area contributed by atoms with Crippen molar-refractivity contribution in [3.63, 3.8) is 0 Å². The number of ether oxygens (including phenoxy) is 1. The Kier molecular flexibility index (Phi) is 4.36. The Morgan fingerprint density at radius 3 is 2.44 bits per heavy atom. The van der Waals surface area contributed by atoms with Crippen LogP contribution in [-0.4, -0.2) is 60.0 Å². The van der Waals surface area contributed by atoms with Crippen LogP contribution in [0.2, 0.25) is 0 Å². The Morgan fingerprint density at radius 1 is 1.33 bits per heavy atom. The number of hydrogen-bond donors (Lipinski definition) is 0. The highest BCUT2D eigenvalue weighted by molar-refractivity contribution is 5.99. The van der Waals surface area contributed by atoms with Gasteiger partial charge >= 0.3 is 6.09 Å². The van der Waals surface area contributed by atoms with Gasteiger partial charge < -0.3 is 9.64 Å². The molecule has 1 atom stereocenters. The smallest absolute Gasteiger partial charge is 0.410 e. The maximum Gasteiger partial charge on any atom is 0.410 e. The second-order valence-electron chi connectivity index (χ2n) is 5.43. The lowest BCUT2D eigenvalue weighted by molar-refractivity contribution is -0.120. The number of terminal acetylenes is 1. The topological polar surface area (TPSA) is 49.9 Å². The van der Waals surface area contributed by atoms with Crippen molar-refractivity contribution in [3.8, 4) is 12.3 Å². The zero-order chi connectivity index (χ0) is 13.9. The van der Waals surface area contributed by atoms with Crippen molar-refractivity contribution in [1.82, 2.24) is 9.80 Å². The lowest BCUT2D eigenvalue weighted by Crippen LogP contribution is -2.56. The highest BCUT2D eigenvalue weighted by atomic mass is 16.6. The molecule has 0 aromatic heterocycles. The van der Waals surface area contributed by atoms with E-state index in [2.05, 4.69) is 5.92 Å². The number of amides is 1. The van der Waals surface area contributed by atoms with E-state index in [4.69, 9.17) is 11.2 Å². The second-order valence-corrected chi connectivity index (χ2v) is 5.43. The van der Waals surface area contributed by atoms with Crippen LogP contribution < -0.4 is 0 Å². The van der Waals surface area contributed by atoms with Crippen molar-refractivity contribution in [2.45, 2.75) is 32.4 Å². The first-order chi connectivity index (χ1) is 8.24. The van der Waals surface area contributed by atoms with Crippen molar-refractivity contribution in [1.29, 1.82) is 0 Å². The minimum Gasteiger partial charge on any atom is -0.444 e. The molecule has 0 aromatic rings. The number of Topliss-reactive ketones (excluding diaryl/α,β-unsaturated/α-hetero) is 1. The van der Waals surface area contributed by atoms with Gasteiger partial charge in [0.2, 0.25) is 5.78 Å². The molecule has 0 aromatic carbocycles. The molecule has 5 nitrogen and oxygen atoms in total. The van der Waals surface area contributed by atoms with E-state index < -0.39 is 17.7 Å². The summed E-state index contributed by atoms with van der Waals surface area (Å²) in [6.07, 6.45) is 4.73. The fourth-order valence-corrected chi connectivity index (χ4v) is 1.75. The molecule has 1 rings (SSSR count). The standard InChI is InChI=1S/C13H20N2O3/c1-6-11(16)10-9-15(8-7-14(10)5)12(17)18-13(2,3)4/h1,10H,7-9H2,2-5H3. The first-order valence-corrected chi connectivity index (χ1v) is 5.93. The summed E-state index contributed by atoms with van der Waals surface area (Å²) >= 11 is 0. The van der Waals surface area contributed by atoms with Gasteiger partial charge in [0.1, 0.15) is 5.60 Å². The molecule has 1 amide bonds. The summed E-state index contributed by atoms with van der Waals surface area (Å²) in [6.45, 7) is 6.87. The fourth-order valence-electron chi connectivity index (χ4n) is 1.75. The van der Waals surface area contributed by atoms with Gasteiger partial charge in [0.25, 0.3) is 0 Å². The van der Waals surface area contributed by atoms with Crippen LogP contribution in [0.3, 0.4) is 0 Å². The van der Waals surface area contributed by atoms with Crippen LogP contribution in [0.15, 0.2) is 0 Å². The van der Waals surface area contributed by atoms with Crippen molar-refractivity contribution in [2.24, 2.45) is 0 Å². The molecular weight excluding hydrogens is 232 g/mol. The third kappa shape index (κ3) is 3.74. The number of ketones is 1. The molecule has 1 aliphatic heterocycles. The van der Waals surface area contributed by atoms with E-state index in [1.165, 1.54) is 4.90 Å². The number of nitrogens with zero attached hydrogens (tertiary/aromatic N) is 2. The largest absolute Gasteiger partial charge is 0.444 e. The van der Waals surface area contributed by atoms with E-state index in [0.29, 0.717) is 13.1 Å². The predicted molar refractivity (Wildman–Crippen MR) is 68.1 cm³/mol. The van der Waals surface area contributed by atoms with Crippen molar-refractivity contribution >= 4 is 11.9 Å². The van der Waals surface area contributed by atoms with Gasteiger partial charge in [-0.1, -0.05) is 0 Å². The molecule has 0 bridgehead atoms. The van der Waals surface area contributed by atoms with Gasteiger partial charge in [-0.2, -0.15) is 0 Å². The molecule has 1 aliphatic rings. The Hall–Kier alpha value is -1.54. The summed E-state index contributed by atoms with van der Waals surface area (Å²) in [5.41, 5.74) is -0.536. The summed E-state index contributed by atoms with van der Waals surface area (Å²) in [5, 5.41) is 0. The molecule has 1 unspecified atom stereocenters. The normalized spacial score (nSPS) is 21.3. The second kappa shape index (κ2) is 5.40. The summed E-state index contributed by atoms with van der Waals surface area (Å²) in [5.74, 6) is 1.81. The van der Waals surface area contributed by atoms with Gasteiger partial charge in [-0.3, -0.25) is 9.69 Å². The number of hydrogen-bond acceptors (Lipinski definition) is 4. The molecule has 0 spiro atoms. The van der Waals surface area contributed by atoms with Gasteiger partial charge in [-0.05, 0) is 33.7 Å². The summed E-state index contributed by atoms with van der Waals surface area (Å²) in [4.78, 5) is 26.9. The maximum atomic E-state index is 11.9. The van der Waals surface area contributed by atoms with Crippen LogP contribution in [0.25, 0.3) is 0 Å². The number of piperazine rings is 1.